The van der Waals surface area contributed by atoms with Gasteiger partial charge in [-0.2, -0.15) is 0 Å². The topological polar surface area (TPSA) is 60.9 Å². The number of nitrogens with zero attached hydrogens (tertiary/aromatic N) is 2. The molecule has 1 saturated heterocycles. The molecule has 5 nitrogen and oxygen atoms in total. The standard InChI is InChI=1S/C18H18N2O3/c1-13-17(22)19(12-16(21)14-8-4-2-5-9-14)18(23)20(13)15-10-6-3-7-11-15/h2-11,13,16,21H,12H2,1H3/t13-,16+/m1/s1. The lowest BCUT2D eigenvalue weighted by Crippen LogP contribution is -2.36. The molecule has 0 aliphatic carbocycles. The zero-order valence-electron chi connectivity index (χ0n) is 12.8. The number of carbonyl (C=O) groups excluding carboxylic acids is 2. The summed E-state index contributed by atoms with van der Waals surface area (Å²) in [5.41, 5.74) is 1.36. The van der Waals surface area contributed by atoms with E-state index < -0.39 is 18.2 Å². The van der Waals surface area contributed by atoms with Crippen molar-refractivity contribution in [1.29, 1.82) is 0 Å². The Morgan fingerprint density at radius 1 is 1.00 bits per heavy atom. The fourth-order valence-electron chi connectivity index (χ4n) is 2.77. The van der Waals surface area contributed by atoms with Gasteiger partial charge in [0, 0.05) is 5.69 Å². The Morgan fingerprint density at radius 3 is 2.17 bits per heavy atom. The minimum Gasteiger partial charge on any atom is -0.387 e. The van der Waals surface area contributed by atoms with E-state index in [9.17, 15) is 14.7 Å². The van der Waals surface area contributed by atoms with Crippen molar-refractivity contribution in [2.45, 2.75) is 19.1 Å². The predicted molar refractivity (Wildman–Crippen MR) is 86.9 cm³/mol. The fraction of sp³-hybridized carbons (Fsp3) is 0.222. The van der Waals surface area contributed by atoms with Gasteiger partial charge in [-0.25, -0.2) is 4.79 Å². The van der Waals surface area contributed by atoms with E-state index in [1.54, 1.807) is 31.2 Å². The Bertz CT molecular complexity index is 703. The van der Waals surface area contributed by atoms with Crippen molar-refractivity contribution >= 4 is 17.6 Å². The van der Waals surface area contributed by atoms with E-state index in [0.717, 1.165) is 4.90 Å². The molecule has 0 bridgehead atoms. The second-order valence-electron chi connectivity index (χ2n) is 5.54. The molecule has 1 aliphatic rings. The molecule has 3 rings (SSSR count). The smallest absolute Gasteiger partial charge is 0.332 e. The van der Waals surface area contributed by atoms with Crippen LogP contribution >= 0.6 is 0 Å². The first-order valence-electron chi connectivity index (χ1n) is 7.52. The van der Waals surface area contributed by atoms with Crippen LogP contribution in [-0.4, -0.2) is 34.5 Å². The van der Waals surface area contributed by atoms with Crippen molar-refractivity contribution < 1.29 is 14.7 Å². The minimum absolute atomic E-state index is 0.0463. The number of urea groups is 1. The Labute approximate surface area is 134 Å². The molecule has 1 heterocycles. The van der Waals surface area contributed by atoms with Crippen molar-refractivity contribution in [2.24, 2.45) is 0 Å². The highest BCUT2D eigenvalue weighted by Gasteiger charge is 2.43. The van der Waals surface area contributed by atoms with Gasteiger partial charge in [-0.3, -0.25) is 14.6 Å². The lowest BCUT2D eigenvalue weighted by atomic mass is 10.1. The van der Waals surface area contributed by atoms with Crippen LogP contribution in [0.2, 0.25) is 0 Å². The molecule has 23 heavy (non-hydrogen) atoms. The van der Waals surface area contributed by atoms with Gasteiger partial charge in [0.1, 0.15) is 6.04 Å². The SMILES string of the molecule is C[C@@H]1C(=O)N(C[C@H](O)c2ccccc2)C(=O)N1c1ccccc1. The summed E-state index contributed by atoms with van der Waals surface area (Å²) in [4.78, 5) is 27.6. The molecule has 0 spiro atoms. The first-order chi connectivity index (χ1) is 11.1. The van der Waals surface area contributed by atoms with Crippen molar-refractivity contribution in [2.75, 3.05) is 11.4 Å². The number of aliphatic hydroxyl groups is 1. The van der Waals surface area contributed by atoms with Crippen LogP contribution < -0.4 is 4.90 Å². The zero-order chi connectivity index (χ0) is 16.4. The molecule has 0 radical (unpaired) electrons. The number of β-amino-alcohol motifs (C(OH)–C–C–N with tert-alkyl or cyclic N) is 1. The van der Waals surface area contributed by atoms with Crippen LogP contribution in [0.3, 0.4) is 0 Å². The molecule has 0 unspecified atom stereocenters. The monoisotopic (exact) mass is 310 g/mol. The lowest BCUT2D eigenvalue weighted by molar-refractivity contribution is -0.127. The van der Waals surface area contributed by atoms with Gasteiger partial charge in [0.05, 0.1) is 12.6 Å². The number of benzene rings is 2. The Kier molecular flexibility index (Phi) is 4.12. The van der Waals surface area contributed by atoms with Crippen LogP contribution in [0.5, 0.6) is 0 Å². The highest BCUT2D eigenvalue weighted by molar-refractivity contribution is 6.14. The van der Waals surface area contributed by atoms with E-state index >= 15 is 0 Å². The van der Waals surface area contributed by atoms with E-state index in [1.807, 2.05) is 36.4 Å². The minimum atomic E-state index is -0.896. The maximum Gasteiger partial charge on any atom is 0.332 e. The third-order valence-electron chi connectivity index (χ3n) is 4.02. The van der Waals surface area contributed by atoms with Gasteiger partial charge in [-0.05, 0) is 24.6 Å². The summed E-state index contributed by atoms with van der Waals surface area (Å²) in [5, 5.41) is 10.3. The second kappa shape index (κ2) is 6.22. The van der Waals surface area contributed by atoms with Gasteiger partial charge in [-0.15, -0.1) is 0 Å². The Morgan fingerprint density at radius 2 is 1.57 bits per heavy atom. The molecular formula is C18H18N2O3. The highest BCUT2D eigenvalue weighted by atomic mass is 16.3. The largest absolute Gasteiger partial charge is 0.387 e. The van der Waals surface area contributed by atoms with E-state index in [0.29, 0.717) is 11.3 Å². The number of hydrogen-bond acceptors (Lipinski definition) is 3. The molecule has 2 aromatic carbocycles. The summed E-state index contributed by atoms with van der Waals surface area (Å²) in [6.45, 7) is 1.65. The Hall–Kier alpha value is -2.66. The highest BCUT2D eigenvalue weighted by Crippen LogP contribution is 2.27. The Balaban J connectivity index is 1.81. The molecule has 0 saturated carbocycles. The number of imide groups is 1. The van der Waals surface area contributed by atoms with Crippen molar-refractivity contribution in [3.8, 4) is 0 Å². The second-order valence-corrected chi connectivity index (χ2v) is 5.54. The summed E-state index contributed by atoms with van der Waals surface area (Å²) >= 11 is 0. The van der Waals surface area contributed by atoms with Crippen molar-refractivity contribution in [1.82, 2.24) is 4.90 Å². The third kappa shape index (κ3) is 2.83. The van der Waals surface area contributed by atoms with Crippen LogP contribution in [0.4, 0.5) is 10.5 Å². The summed E-state index contributed by atoms with van der Waals surface area (Å²) in [5.74, 6) is -0.297. The molecular weight excluding hydrogens is 292 g/mol. The van der Waals surface area contributed by atoms with Crippen LogP contribution in [0.25, 0.3) is 0 Å². The van der Waals surface area contributed by atoms with E-state index in [-0.39, 0.29) is 12.5 Å². The molecule has 2 aromatic rings. The quantitative estimate of drug-likeness (QED) is 0.883. The summed E-state index contributed by atoms with van der Waals surface area (Å²) < 4.78 is 0. The van der Waals surface area contributed by atoms with Crippen LogP contribution in [-0.2, 0) is 4.79 Å². The first kappa shape index (κ1) is 15.2. The molecule has 0 aromatic heterocycles. The molecule has 1 N–H and O–H groups in total. The number of anilines is 1. The average molecular weight is 310 g/mol. The van der Waals surface area contributed by atoms with E-state index in [2.05, 4.69) is 0 Å². The average Bonchev–Trinajstić information content (AvgIpc) is 2.80. The third-order valence-corrected chi connectivity index (χ3v) is 4.02. The fourth-order valence-corrected chi connectivity index (χ4v) is 2.77. The summed E-state index contributed by atoms with van der Waals surface area (Å²) in [6.07, 6.45) is -0.896. The van der Waals surface area contributed by atoms with Crippen LogP contribution in [0.1, 0.15) is 18.6 Å². The van der Waals surface area contributed by atoms with E-state index in [4.69, 9.17) is 0 Å². The number of carbonyl (C=O) groups is 2. The first-order valence-corrected chi connectivity index (χ1v) is 7.52. The molecule has 2 atom stereocenters. The zero-order valence-corrected chi connectivity index (χ0v) is 12.8. The van der Waals surface area contributed by atoms with Crippen molar-refractivity contribution in [3.63, 3.8) is 0 Å². The molecule has 1 aliphatic heterocycles. The molecule has 118 valence electrons. The number of hydrogen-bond donors (Lipinski definition) is 1. The molecule has 1 fully saturated rings. The van der Waals surface area contributed by atoms with Crippen molar-refractivity contribution in [3.05, 3.63) is 66.2 Å². The van der Waals surface area contributed by atoms with Crippen LogP contribution in [0, 0.1) is 0 Å². The number of para-hydroxylation sites is 1. The van der Waals surface area contributed by atoms with Gasteiger partial charge in [0.2, 0.25) is 0 Å². The molecule has 3 amide bonds. The maximum absolute atomic E-state index is 12.6. The molecule has 5 heteroatoms. The van der Waals surface area contributed by atoms with Gasteiger partial charge in [0.25, 0.3) is 5.91 Å². The summed E-state index contributed by atoms with van der Waals surface area (Å²) in [6, 6.07) is 17.1. The van der Waals surface area contributed by atoms with Gasteiger partial charge in [-0.1, -0.05) is 48.5 Å². The van der Waals surface area contributed by atoms with Gasteiger partial charge >= 0.3 is 6.03 Å². The lowest BCUT2D eigenvalue weighted by Gasteiger charge is -2.20. The maximum atomic E-state index is 12.6. The summed E-state index contributed by atoms with van der Waals surface area (Å²) in [7, 11) is 0. The number of amides is 3. The number of aliphatic hydroxyl groups excluding tert-OH is 1. The van der Waals surface area contributed by atoms with Gasteiger partial charge in [0.15, 0.2) is 0 Å². The van der Waals surface area contributed by atoms with E-state index in [1.165, 1.54) is 4.90 Å². The van der Waals surface area contributed by atoms with Gasteiger partial charge < -0.3 is 5.11 Å². The number of rotatable bonds is 4. The normalized spacial score (nSPS) is 19.3. The predicted octanol–water partition coefficient (Wildman–Crippen LogP) is 2.58. The van der Waals surface area contributed by atoms with Crippen LogP contribution in [0.15, 0.2) is 60.7 Å².